The van der Waals surface area contributed by atoms with E-state index in [1.807, 2.05) is 136 Å². The molecule has 0 unspecified atom stereocenters. The van der Waals surface area contributed by atoms with Crippen LogP contribution in [0.2, 0.25) is 0 Å². The lowest BCUT2D eigenvalue weighted by molar-refractivity contribution is 0.114. The molecular weight excluding hydrogens is 1560 g/mol. The van der Waals surface area contributed by atoms with Crippen LogP contribution in [0.4, 0.5) is 0 Å². The van der Waals surface area contributed by atoms with Crippen LogP contribution in [0.1, 0.15) is 187 Å². The van der Waals surface area contributed by atoms with Crippen LogP contribution >= 0.6 is 136 Å². The van der Waals surface area contributed by atoms with Crippen molar-refractivity contribution >= 4 is 192 Å². The first-order valence-electron chi connectivity index (χ1n) is 39.0. The minimum atomic E-state index is 0.562. The first-order chi connectivity index (χ1) is 52.7. The van der Waals surface area contributed by atoms with Gasteiger partial charge in [-0.15, -0.1) is 136 Å². The molecule has 1 spiro atoms. The van der Waals surface area contributed by atoms with E-state index in [2.05, 4.69) is 284 Å². The standard InChI is InChI=1S/C19H26S2.2C17H18S2.C16H16S2.C15H14S2.C14H12S2/c1-13-12-16-18(20-13)17(14(2)21-16)15-6-10-19(11-7-15)8-4-3-5-9-19;1-9-6-10(2)15(11(3)7-9)16-13(5)19-14-8-12(4)18-17(14)16;1-10(2)13-7-5-6-8-14(13)16-12(4)19-15-9-11(3)18-17(15)16;1-9-5-6-13(10(2)7-9)15-12(4)18-14-8-11(3)17-16(14)15;1-9-6-4-5-7-12(9)14-11(3)17-13-8-10(2)16-15(13)14;1-9-8-12-14(15-9)13(10(2)16-12)11-6-4-3-5-7-11/h12,15H,3-11H2,1-2H3;6-8H,1-5H3;5-10H,1-4H3;5-8H,1-4H3;4-8H,1-3H3;3-8H,1-2H3. The second kappa shape index (κ2) is 34.2. The second-order valence-electron chi connectivity index (χ2n) is 31.4. The van der Waals surface area contributed by atoms with Crippen LogP contribution in [0, 0.1) is 130 Å². The molecule has 12 heteroatoms. The van der Waals surface area contributed by atoms with E-state index in [0.717, 1.165) is 11.3 Å². The van der Waals surface area contributed by atoms with Gasteiger partial charge in [0.2, 0.25) is 0 Å². The molecule has 12 aromatic heterocycles. The maximum absolute atomic E-state index is 2.40. The third kappa shape index (κ3) is 17.1. The Balaban J connectivity index is 0.000000110. The molecule has 568 valence electrons. The Morgan fingerprint density at radius 2 is 0.645 bits per heavy atom. The topological polar surface area (TPSA) is 0 Å². The van der Waals surface area contributed by atoms with Gasteiger partial charge in [-0.05, 0) is 278 Å². The minimum absolute atomic E-state index is 0.562. The summed E-state index contributed by atoms with van der Waals surface area (Å²) >= 11 is 23.2. The fourth-order valence-corrected chi connectivity index (χ4v) is 32.5. The predicted molar refractivity (Wildman–Crippen MR) is 511 cm³/mol. The third-order valence-corrected chi connectivity index (χ3v) is 35.8. The Labute approximate surface area is 702 Å². The quantitative estimate of drug-likeness (QED) is 0.149. The number of rotatable bonds is 7. The van der Waals surface area contributed by atoms with Crippen molar-refractivity contribution in [3.05, 3.63) is 249 Å². The highest BCUT2D eigenvalue weighted by atomic mass is 32.1. The smallest absolute Gasteiger partial charge is 0.0534 e. The lowest BCUT2D eigenvalue weighted by atomic mass is 9.62. The van der Waals surface area contributed by atoms with Crippen molar-refractivity contribution in [1.82, 2.24) is 0 Å². The average Bonchev–Trinajstić information content (AvgIpc) is 1.64. The molecule has 0 N–H and O–H groups in total. The van der Waals surface area contributed by atoms with Gasteiger partial charge in [0, 0.05) is 119 Å². The zero-order valence-corrected chi connectivity index (χ0v) is 77.6. The van der Waals surface area contributed by atoms with E-state index < -0.39 is 0 Å². The molecule has 2 aliphatic carbocycles. The van der Waals surface area contributed by atoms with Crippen molar-refractivity contribution in [2.45, 2.75) is 208 Å². The molecule has 2 fully saturated rings. The summed E-state index contributed by atoms with van der Waals surface area (Å²) in [5.74, 6) is 1.41. The molecule has 0 saturated heterocycles. The minimum Gasteiger partial charge on any atom is -0.139 e. The highest BCUT2D eigenvalue weighted by Crippen LogP contribution is 2.55. The van der Waals surface area contributed by atoms with Gasteiger partial charge in [0.25, 0.3) is 0 Å². The van der Waals surface area contributed by atoms with Crippen LogP contribution in [0.5, 0.6) is 0 Å². The molecule has 0 nitrogen and oxygen atoms in total. The summed E-state index contributed by atoms with van der Waals surface area (Å²) in [6, 6.07) is 53.5. The van der Waals surface area contributed by atoms with Crippen LogP contribution in [0.3, 0.4) is 0 Å². The summed E-state index contributed by atoms with van der Waals surface area (Å²) in [6.07, 6.45) is 13.4. The largest absolute Gasteiger partial charge is 0.139 e. The normalized spacial score (nSPS) is 13.6. The van der Waals surface area contributed by atoms with E-state index in [0.29, 0.717) is 5.92 Å². The number of hydrogen-bond acceptors (Lipinski definition) is 12. The predicted octanol–water partition coefficient (Wildman–Crippen LogP) is 36.4. The molecule has 0 aliphatic heterocycles. The van der Waals surface area contributed by atoms with Crippen LogP contribution < -0.4 is 0 Å². The maximum Gasteiger partial charge on any atom is 0.0534 e. The van der Waals surface area contributed by atoms with Crippen LogP contribution in [-0.2, 0) is 0 Å². The Kier molecular flexibility index (Phi) is 25.1. The second-order valence-corrected chi connectivity index (χ2v) is 46.5. The Hall–Kier alpha value is -5.94. The van der Waals surface area contributed by atoms with Crippen molar-refractivity contribution in [3.8, 4) is 55.6 Å². The van der Waals surface area contributed by atoms with Gasteiger partial charge in [-0.3, -0.25) is 0 Å². The summed E-state index contributed by atoms with van der Waals surface area (Å²) in [7, 11) is 0. The molecule has 5 aromatic carbocycles. The Morgan fingerprint density at radius 3 is 1.11 bits per heavy atom. The zero-order valence-electron chi connectivity index (χ0n) is 67.8. The van der Waals surface area contributed by atoms with Crippen LogP contribution in [0.15, 0.2) is 146 Å². The van der Waals surface area contributed by atoms with Gasteiger partial charge in [-0.25, -0.2) is 0 Å². The van der Waals surface area contributed by atoms with E-state index in [4.69, 9.17) is 0 Å². The van der Waals surface area contributed by atoms with E-state index in [9.17, 15) is 0 Å². The van der Waals surface area contributed by atoms with E-state index in [1.54, 1.807) is 19.8 Å². The summed E-state index contributed by atoms with van der Waals surface area (Å²) in [5.41, 5.74) is 26.4. The van der Waals surface area contributed by atoms with E-state index in [-0.39, 0.29) is 0 Å². The summed E-state index contributed by atoms with van der Waals surface area (Å²) in [5, 5.41) is 0. The monoisotopic (exact) mass is 1660 g/mol. The highest BCUT2D eigenvalue weighted by Gasteiger charge is 2.38. The van der Waals surface area contributed by atoms with Gasteiger partial charge in [0.1, 0.15) is 0 Å². The van der Waals surface area contributed by atoms with Crippen molar-refractivity contribution < 1.29 is 0 Å². The lowest BCUT2D eigenvalue weighted by Gasteiger charge is -2.43. The number of benzene rings is 5. The van der Waals surface area contributed by atoms with Gasteiger partial charge in [-0.2, -0.15) is 0 Å². The third-order valence-electron chi connectivity index (χ3n) is 22.3. The highest BCUT2D eigenvalue weighted by molar-refractivity contribution is 7.31. The zero-order chi connectivity index (χ0) is 77.7. The van der Waals surface area contributed by atoms with Gasteiger partial charge in [0.15, 0.2) is 0 Å². The Morgan fingerprint density at radius 1 is 0.282 bits per heavy atom. The van der Waals surface area contributed by atoms with Gasteiger partial charge in [0.05, 0.1) is 23.5 Å². The number of thiophene rings is 12. The van der Waals surface area contributed by atoms with E-state index >= 15 is 0 Å². The molecule has 110 heavy (non-hydrogen) atoms. The number of hydrogen-bond donors (Lipinski definition) is 0. The molecule has 12 heterocycles. The SMILES string of the molecule is Cc1cc(C)c(-c2c(C)sc3cc(C)sc23)c(C)c1.Cc1cc2sc(C)c(-c3ccccc3)c2s1.Cc1cc2sc(C)c(-c3ccccc3C(C)C)c2s1.Cc1cc2sc(C)c(-c3ccccc3C)c2s1.Cc1cc2sc(C)c(C3CCC4(CCCCC4)CC3)c2s1.Cc1ccc(-c2c(C)sc3cc(C)sc23)c(C)c1. The molecule has 17 aromatic rings. The maximum atomic E-state index is 2.40. The van der Waals surface area contributed by atoms with Crippen molar-refractivity contribution in [2.24, 2.45) is 5.41 Å². The van der Waals surface area contributed by atoms with Crippen molar-refractivity contribution in [2.75, 3.05) is 0 Å². The average molecular weight is 1670 g/mol. The molecule has 2 saturated carbocycles. The summed E-state index contributed by atoms with van der Waals surface area (Å²) < 4.78 is 17.6. The number of aryl methyl sites for hydroxylation is 18. The fraction of sp³-hybridized carbons (Fsp3) is 0.327. The van der Waals surface area contributed by atoms with Crippen LogP contribution in [0.25, 0.3) is 112 Å². The molecule has 19 rings (SSSR count). The van der Waals surface area contributed by atoms with Crippen LogP contribution in [-0.4, -0.2) is 0 Å². The van der Waals surface area contributed by atoms with E-state index in [1.165, 1.54) is 253 Å². The first-order valence-corrected chi connectivity index (χ1v) is 48.8. The summed E-state index contributed by atoms with van der Waals surface area (Å²) in [6.45, 7) is 44.5. The van der Waals surface area contributed by atoms with Gasteiger partial charge >= 0.3 is 0 Å². The van der Waals surface area contributed by atoms with Crippen molar-refractivity contribution in [1.29, 1.82) is 0 Å². The fourth-order valence-electron chi connectivity index (χ4n) is 17.4. The molecular formula is C98H104S12. The molecule has 0 bridgehead atoms. The van der Waals surface area contributed by atoms with Gasteiger partial charge < -0.3 is 0 Å². The first kappa shape index (κ1) is 80.7. The lowest BCUT2D eigenvalue weighted by Crippen LogP contribution is -2.29. The Bertz CT molecular complexity index is 6070. The van der Waals surface area contributed by atoms with Crippen molar-refractivity contribution in [3.63, 3.8) is 0 Å². The van der Waals surface area contributed by atoms with Gasteiger partial charge in [-0.1, -0.05) is 153 Å². The molecule has 2 aliphatic rings. The molecule has 0 atom stereocenters. The molecule has 0 amide bonds. The molecule has 0 radical (unpaired) electrons. The summed E-state index contributed by atoms with van der Waals surface area (Å²) in [4.78, 5) is 17.3. The number of fused-ring (bicyclic) bond motifs is 6.